The number of hydrogen-bond donors (Lipinski definition) is 1. The van der Waals surface area contributed by atoms with Gasteiger partial charge < -0.3 is 5.32 Å². The van der Waals surface area contributed by atoms with E-state index in [1.54, 1.807) is 0 Å². The van der Waals surface area contributed by atoms with Gasteiger partial charge >= 0.3 is 0 Å². The molecule has 0 spiro atoms. The highest BCUT2D eigenvalue weighted by molar-refractivity contribution is 14.1. The van der Waals surface area contributed by atoms with E-state index in [9.17, 15) is 4.79 Å². The van der Waals surface area contributed by atoms with Crippen molar-refractivity contribution in [3.8, 4) is 0 Å². The van der Waals surface area contributed by atoms with Crippen molar-refractivity contribution in [1.29, 1.82) is 0 Å². The lowest BCUT2D eigenvalue weighted by atomic mass is 9.97. The van der Waals surface area contributed by atoms with E-state index in [2.05, 4.69) is 34.0 Å². The number of halogens is 3. The Labute approximate surface area is 147 Å². The summed E-state index contributed by atoms with van der Waals surface area (Å²) in [7, 11) is 0. The third kappa shape index (κ3) is 3.20. The Kier molecular flexibility index (Phi) is 4.43. The molecule has 0 fully saturated rings. The lowest BCUT2D eigenvalue weighted by molar-refractivity contribution is -0.116. The lowest BCUT2D eigenvalue weighted by Crippen LogP contribution is -2.19. The van der Waals surface area contributed by atoms with Gasteiger partial charge in [0.05, 0.1) is 5.38 Å². The molecule has 2 nitrogen and oxygen atoms in total. The topological polar surface area (TPSA) is 29.1 Å². The SMILES string of the molecule is O=C1CCc2cc(C(Cl)c3cc(Cl)ccc3I)ccc2N1. The summed E-state index contributed by atoms with van der Waals surface area (Å²) < 4.78 is 1.09. The lowest BCUT2D eigenvalue weighted by Gasteiger charge is -2.19. The molecule has 1 aliphatic rings. The maximum absolute atomic E-state index is 11.4. The average molecular weight is 432 g/mol. The van der Waals surface area contributed by atoms with Crippen LogP contribution in [0.2, 0.25) is 5.02 Å². The van der Waals surface area contributed by atoms with Crippen LogP contribution < -0.4 is 5.32 Å². The summed E-state index contributed by atoms with van der Waals surface area (Å²) in [5, 5.41) is 3.31. The predicted octanol–water partition coefficient (Wildman–Crippen LogP) is 5.16. The largest absolute Gasteiger partial charge is 0.326 e. The van der Waals surface area contributed by atoms with Gasteiger partial charge in [-0.05, 0) is 70.0 Å². The Hall–Kier alpha value is -0.780. The summed E-state index contributed by atoms with van der Waals surface area (Å²) in [5.41, 5.74) is 4.05. The van der Waals surface area contributed by atoms with Gasteiger partial charge in [0.25, 0.3) is 0 Å². The molecule has 0 aromatic heterocycles. The van der Waals surface area contributed by atoms with Gasteiger partial charge in [-0.3, -0.25) is 4.79 Å². The molecule has 2 aromatic carbocycles. The minimum absolute atomic E-state index is 0.0714. The molecule has 5 heteroatoms. The van der Waals surface area contributed by atoms with Crippen LogP contribution in [0.5, 0.6) is 0 Å². The van der Waals surface area contributed by atoms with Crippen LogP contribution in [-0.2, 0) is 11.2 Å². The normalized spacial score (nSPS) is 15.3. The number of alkyl halides is 1. The van der Waals surface area contributed by atoms with Crippen molar-refractivity contribution in [1.82, 2.24) is 0 Å². The van der Waals surface area contributed by atoms with Crippen molar-refractivity contribution < 1.29 is 4.79 Å². The first-order chi connectivity index (χ1) is 10.0. The predicted molar refractivity (Wildman–Crippen MR) is 95.3 cm³/mol. The van der Waals surface area contributed by atoms with E-state index in [0.29, 0.717) is 11.4 Å². The van der Waals surface area contributed by atoms with E-state index in [0.717, 1.165) is 32.4 Å². The third-order valence-corrected chi connectivity index (χ3v) is 5.25. The van der Waals surface area contributed by atoms with E-state index in [1.807, 2.05) is 30.3 Å². The van der Waals surface area contributed by atoms with Crippen molar-refractivity contribution in [2.75, 3.05) is 5.32 Å². The van der Waals surface area contributed by atoms with Crippen LogP contribution in [0.15, 0.2) is 36.4 Å². The Morgan fingerprint density at radius 3 is 2.76 bits per heavy atom. The van der Waals surface area contributed by atoms with Gasteiger partial charge in [0, 0.05) is 20.7 Å². The molecule has 0 radical (unpaired) electrons. The van der Waals surface area contributed by atoms with Gasteiger partial charge in [-0.25, -0.2) is 0 Å². The van der Waals surface area contributed by atoms with Gasteiger partial charge in [-0.1, -0.05) is 23.7 Å². The fraction of sp³-hybridized carbons (Fsp3) is 0.188. The Morgan fingerprint density at radius 2 is 1.95 bits per heavy atom. The summed E-state index contributed by atoms with van der Waals surface area (Å²) in [4.78, 5) is 11.4. The van der Waals surface area contributed by atoms with E-state index in [1.165, 1.54) is 0 Å². The molecule has 1 unspecified atom stereocenters. The van der Waals surface area contributed by atoms with Crippen LogP contribution in [0, 0.1) is 3.57 Å². The molecule has 108 valence electrons. The van der Waals surface area contributed by atoms with Crippen LogP contribution in [-0.4, -0.2) is 5.91 Å². The van der Waals surface area contributed by atoms with Crippen LogP contribution in [0.4, 0.5) is 5.69 Å². The molecule has 1 amide bonds. The number of anilines is 1. The molecule has 0 saturated heterocycles. The highest BCUT2D eigenvalue weighted by atomic mass is 127. The van der Waals surface area contributed by atoms with Gasteiger partial charge in [-0.2, -0.15) is 0 Å². The number of benzene rings is 2. The number of carbonyl (C=O) groups is 1. The Bertz CT molecular complexity index is 717. The summed E-state index contributed by atoms with van der Waals surface area (Å²) in [5.74, 6) is 0.0714. The van der Waals surface area contributed by atoms with Crippen LogP contribution in [0.1, 0.15) is 28.5 Å². The van der Waals surface area contributed by atoms with Crippen molar-refractivity contribution in [3.05, 3.63) is 61.7 Å². The first kappa shape index (κ1) is 15.1. The zero-order chi connectivity index (χ0) is 15.0. The van der Waals surface area contributed by atoms with E-state index in [4.69, 9.17) is 23.2 Å². The number of nitrogens with one attached hydrogen (secondary N) is 1. The molecule has 1 heterocycles. The van der Waals surface area contributed by atoms with Crippen LogP contribution in [0.25, 0.3) is 0 Å². The van der Waals surface area contributed by atoms with E-state index in [-0.39, 0.29) is 11.3 Å². The van der Waals surface area contributed by atoms with Crippen molar-refractivity contribution in [2.24, 2.45) is 0 Å². The Morgan fingerprint density at radius 1 is 1.14 bits per heavy atom. The number of fused-ring (bicyclic) bond motifs is 1. The number of carbonyl (C=O) groups excluding carboxylic acids is 1. The van der Waals surface area contributed by atoms with Gasteiger partial charge in [-0.15, -0.1) is 11.6 Å². The quantitative estimate of drug-likeness (QED) is 0.516. The number of aryl methyl sites for hydroxylation is 1. The van der Waals surface area contributed by atoms with E-state index >= 15 is 0 Å². The minimum atomic E-state index is -0.251. The first-order valence-corrected chi connectivity index (χ1v) is 8.45. The molecule has 0 aliphatic carbocycles. The van der Waals surface area contributed by atoms with Gasteiger partial charge in [0.15, 0.2) is 0 Å². The molecule has 1 atom stereocenters. The molecule has 3 rings (SSSR count). The fourth-order valence-corrected chi connectivity index (χ4v) is 3.78. The molecule has 1 aliphatic heterocycles. The molecule has 2 aromatic rings. The second kappa shape index (κ2) is 6.15. The Balaban J connectivity index is 1.97. The molecule has 1 N–H and O–H groups in total. The molecular formula is C16H12Cl2INO. The standard InChI is InChI=1S/C16H12Cl2INO/c17-11-3-4-13(19)12(8-11)16(18)10-1-5-14-9(7-10)2-6-15(21)20-14/h1,3-5,7-8,16H,2,6H2,(H,20,21). The minimum Gasteiger partial charge on any atom is -0.326 e. The van der Waals surface area contributed by atoms with Crippen molar-refractivity contribution >= 4 is 57.4 Å². The smallest absolute Gasteiger partial charge is 0.224 e. The second-order valence-electron chi connectivity index (χ2n) is 4.99. The summed E-state index contributed by atoms with van der Waals surface area (Å²) in [6.45, 7) is 0. The molecule has 0 saturated carbocycles. The van der Waals surface area contributed by atoms with Gasteiger partial charge in [0.1, 0.15) is 0 Å². The molecular weight excluding hydrogens is 420 g/mol. The average Bonchev–Trinajstić information content (AvgIpc) is 2.48. The maximum Gasteiger partial charge on any atom is 0.224 e. The molecule has 21 heavy (non-hydrogen) atoms. The van der Waals surface area contributed by atoms with Crippen molar-refractivity contribution in [2.45, 2.75) is 18.2 Å². The first-order valence-electron chi connectivity index (χ1n) is 6.56. The highest BCUT2D eigenvalue weighted by Gasteiger charge is 2.19. The van der Waals surface area contributed by atoms with Gasteiger partial charge in [0.2, 0.25) is 5.91 Å². The number of rotatable bonds is 2. The highest BCUT2D eigenvalue weighted by Crippen LogP contribution is 2.36. The maximum atomic E-state index is 11.4. The van der Waals surface area contributed by atoms with Crippen LogP contribution >= 0.6 is 45.8 Å². The van der Waals surface area contributed by atoms with Crippen molar-refractivity contribution in [3.63, 3.8) is 0 Å². The fourth-order valence-electron chi connectivity index (χ4n) is 2.45. The van der Waals surface area contributed by atoms with E-state index < -0.39 is 0 Å². The molecule has 0 bridgehead atoms. The summed E-state index contributed by atoms with van der Waals surface area (Å²) in [6, 6.07) is 11.7. The summed E-state index contributed by atoms with van der Waals surface area (Å²) >= 11 is 15.0. The van der Waals surface area contributed by atoms with Crippen LogP contribution in [0.3, 0.4) is 0 Å². The third-order valence-electron chi connectivity index (χ3n) is 3.55. The number of amides is 1. The second-order valence-corrected chi connectivity index (χ2v) is 7.03. The zero-order valence-corrected chi connectivity index (χ0v) is 14.7. The summed E-state index contributed by atoms with van der Waals surface area (Å²) in [6.07, 6.45) is 1.28. The number of hydrogen-bond acceptors (Lipinski definition) is 1. The monoisotopic (exact) mass is 431 g/mol. The zero-order valence-electron chi connectivity index (χ0n) is 11.0.